The van der Waals surface area contributed by atoms with Crippen molar-refractivity contribution in [1.29, 1.82) is 0 Å². The Morgan fingerprint density at radius 2 is 2.25 bits per heavy atom. The van der Waals surface area contributed by atoms with E-state index in [0.29, 0.717) is 31.4 Å². The van der Waals surface area contributed by atoms with Gasteiger partial charge in [-0.1, -0.05) is 0 Å². The van der Waals surface area contributed by atoms with Gasteiger partial charge in [0.25, 0.3) is 0 Å². The molecule has 1 aliphatic heterocycles. The SMILES string of the molecule is CCOC(=O)N1CCC(Nc2c(N)cncc2Br)CC1. The molecule has 2 rings (SSSR count). The van der Waals surface area contributed by atoms with Crippen LogP contribution in [0.2, 0.25) is 0 Å². The predicted octanol–water partition coefficient (Wildman–Crippen LogP) is 2.46. The summed E-state index contributed by atoms with van der Waals surface area (Å²) in [5.41, 5.74) is 7.40. The number of hydrogen-bond donors (Lipinski definition) is 2. The molecule has 0 bridgehead atoms. The summed E-state index contributed by atoms with van der Waals surface area (Å²) in [4.78, 5) is 17.4. The Bertz CT molecular complexity index is 455. The number of carbonyl (C=O) groups is 1. The molecule has 0 atom stereocenters. The van der Waals surface area contributed by atoms with Crippen LogP contribution < -0.4 is 11.1 Å². The average Bonchev–Trinajstić information content (AvgIpc) is 2.44. The summed E-state index contributed by atoms with van der Waals surface area (Å²) in [7, 11) is 0. The molecule has 1 aromatic rings. The number of carbonyl (C=O) groups excluding carboxylic acids is 1. The van der Waals surface area contributed by atoms with Gasteiger partial charge in [0.2, 0.25) is 0 Å². The second kappa shape index (κ2) is 6.78. The van der Waals surface area contributed by atoms with Crippen molar-refractivity contribution in [3.05, 3.63) is 16.9 Å². The average molecular weight is 343 g/mol. The summed E-state index contributed by atoms with van der Waals surface area (Å²) < 4.78 is 5.86. The minimum atomic E-state index is -0.226. The Hall–Kier alpha value is -1.50. The Balaban J connectivity index is 1.90. The van der Waals surface area contributed by atoms with Gasteiger partial charge in [0.05, 0.1) is 28.7 Å². The lowest BCUT2D eigenvalue weighted by Gasteiger charge is -2.32. The van der Waals surface area contributed by atoms with Gasteiger partial charge in [-0.25, -0.2) is 4.79 Å². The molecule has 1 aliphatic rings. The lowest BCUT2D eigenvalue weighted by Crippen LogP contribution is -2.42. The number of nitrogens with zero attached hydrogens (tertiary/aromatic N) is 2. The third-order valence-corrected chi connectivity index (χ3v) is 3.90. The second-order valence-corrected chi connectivity index (χ2v) is 5.54. The molecule has 0 spiro atoms. The van der Waals surface area contributed by atoms with E-state index in [0.717, 1.165) is 23.0 Å². The van der Waals surface area contributed by atoms with E-state index in [4.69, 9.17) is 10.5 Å². The third-order valence-electron chi connectivity index (χ3n) is 3.30. The number of nitrogens with one attached hydrogen (secondary N) is 1. The number of anilines is 2. The Morgan fingerprint density at radius 3 is 2.85 bits per heavy atom. The molecule has 0 saturated carbocycles. The molecule has 110 valence electrons. The van der Waals surface area contributed by atoms with Gasteiger partial charge >= 0.3 is 6.09 Å². The molecular weight excluding hydrogens is 324 g/mol. The predicted molar refractivity (Wildman–Crippen MR) is 81.6 cm³/mol. The normalized spacial score (nSPS) is 16.0. The van der Waals surface area contributed by atoms with Crippen molar-refractivity contribution in [3.8, 4) is 0 Å². The van der Waals surface area contributed by atoms with Crippen LogP contribution in [0.25, 0.3) is 0 Å². The first-order valence-electron chi connectivity index (χ1n) is 6.69. The lowest BCUT2D eigenvalue weighted by atomic mass is 10.1. The van der Waals surface area contributed by atoms with Gasteiger partial charge in [0.15, 0.2) is 0 Å². The number of aromatic nitrogens is 1. The van der Waals surface area contributed by atoms with Crippen LogP contribution in [0, 0.1) is 0 Å². The fourth-order valence-electron chi connectivity index (χ4n) is 2.23. The number of hydrogen-bond acceptors (Lipinski definition) is 5. The standard InChI is InChI=1S/C13H19BrN4O2/c1-2-20-13(19)18-5-3-9(4-6-18)17-12-10(14)7-16-8-11(12)15/h7-9H,2-6,15H2,1H3,(H,16,17). The highest BCUT2D eigenvalue weighted by atomic mass is 79.9. The van der Waals surface area contributed by atoms with Crippen LogP contribution in [0.4, 0.5) is 16.2 Å². The summed E-state index contributed by atoms with van der Waals surface area (Å²) in [6.07, 6.45) is 4.85. The smallest absolute Gasteiger partial charge is 0.409 e. The first-order valence-corrected chi connectivity index (χ1v) is 7.48. The van der Waals surface area contributed by atoms with Crippen molar-refractivity contribution in [1.82, 2.24) is 9.88 Å². The van der Waals surface area contributed by atoms with Crippen LogP contribution in [-0.4, -0.2) is 41.7 Å². The molecule has 6 nitrogen and oxygen atoms in total. The molecule has 20 heavy (non-hydrogen) atoms. The van der Waals surface area contributed by atoms with Crippen molar-refractivity contribution in [2.24, 2.45) is 0 Å². The van der Waals surface area contributed by atoms with E-state index in [1.165, 1.54) is 0 Å². The zero-order valence-corrected chi connectivity index (χ0v) is 13.0. The number of likely N-dealkylation sites (tertiary alicyclic amines) is 1. The molecule has 1 amide bonds. The van der Waals surface area contributed by atoms with Crippen LogP contribution in [0.3, 0.4) is 0 Å². The number of nitrogens with two attached hydrogens (primary N) is 1. The third kappa shape index (κ3) is 3.53. The summed E-state index contributed by atoms with van der Waals surface area (Å²) >= 11 is 3.44. The number of piperidine rings is 1. The van der Waals surface area contributed by atoms with Crippen LogP contribution in [0.15, 0.2) is 16.9 Å². The molecule has 0 radical (unpaired) electrons. The quantitative estimate of drug-likeness (QED) is 0.881. The molecule has 3 N–H and O–H groups in total. The molecular formula is C13H19BrN4O2. The number of amides is 1. The zero-order chi connectivity index (χ0) is 14.5. The molecule has 1 fully saturated rings. The largest absolute Gasteiger partial charge is 0.450 e. The fraction of sp³-hybridized carbons (Fsp3) is 0.538. The van der Waals surface area contributed by atoms with Gasteiger partial charge in [-0.3, -0.25) is 4.98 Å². The highest BCUT2D eigenvalue weighted by Crippen LogP contribution is 2.29. The molecule has 1 saturated heterocycles. The molecule has 0 unspecified atom stereocenters. The first kappa shape index (κ1) is 14.9. The van der Waals surface area contributed by atoms with Crippen molar-refractivity contribution in [3.63, 3.8) is 0 Å². The summed E-state index contributed by atoms with van der Waals surface area (Å²) in [6, 6.07) is 0.293. The summed E-state index contributed by atoms with van der Waals surface area (Å²) in [6.45, 7) is 3.62. The van der Waals surface area contributed by atoms with E-state index in [9.17, 15) is 4.79 Å². The van der Waals surface area contributed by atoms with Gasteiger partial charge in [-0.15, -0.1) is 0 Å². The number of halogens is 1. The Morgan fingerprint density at radius 1 is 1.55 bits per heavy atom. The monoisotopic (exact) mass is 342 g/mol. The fourth-order valence-corrected chi connectivity index (χ4v) is 2.69. The Kier molecular flexibility index (Phi) is 5.05. The van der Waals surface area contributed by atoms with Crippen LogP contribution in [0.1, 0.15) is 19.8 Å². The molecule has 0 aliphatic carbocycles. The van der Waals surface area contributed by atoms with Crippen LogP contribution in [-0.2, 0) is 4.74 Å². The van der Waals surface area contributed by atoms with Crippen molar-refractivity contribution in [2.45, 2.75) is 25.8 Å². The van der Waals surface area contributed by atoms with Crippen molar-refractivity contribution < 1.29 is 9.53 Å². The van der Waals surface area contributed by atoms with Gasteiger partial charge in [0.1, 0.15) is 0 Å². The number of pyridine rings is 1. The number of ether oxygens (including phenoxy) is 1. The topological polar surface area (TPSA) is 80.5 Å². The maximum atomic E-state index is 11.6. The van der Waals surface area contributed by atoms with Gasteiger partial charge in [0, 0.05) is 25.3 Å². The van der Waals surface area contributed by atoms with Crippen molar-refractivity contribution >= 4 is 33.4 Å². The van der Waals surface area contributed by atoms with E-state index in [1.54, 1.807) is 17.3 Å². The van der Waals surface area contributed by atoms with Gasteiger partial charge in [-0.2, -0.15) is 0 Å². The summed E-state index contributed by atoms with van der Waals surface area (Å²) in [5, 5.41) is 3.42. The van der Waals surface area contributed by atoms with Crippen LogP contribution in [0.5, 0.6) is 0 Å². The maximum absolute atomic E-state index is 11.6. The van der Waals surface area contributed by atoms with Gasteiger partial charge < -0.3 is 20.7 Å². The molecule has 0 aromatic carbocycles. The number of rotatable bonds is 3. The van der Waals surface area contributed by atoms with E-state index < -0.39 is 0 Å². The maximum Gasteiger partial charge on any atom is 0.409 e. The lowest BCUT2D eigenvalue weighted by molar-refractivity contribution is 0.0983. The highest BCUT2D eigenvalue weighted by molar-refractivity contribution is 9.10. The van der Waals surface area contributed by atoms with E-state index >= 15 is 0 Å². The zero-order valence-electron chi connectivity index (χ0n) is 11.4. The van der Waals surface area contributed by atoms with E-state index in [2.05, 4.69) is 26.2 Å². The second-order valence-electron chi connectivity index (χ2n) is 4.69. The molecule has 1 aromatic heterocycles. The molecule has 2 heterocycles. The minimum absolute atomic E-state index is 0.226. The van der Waals surface area contributed by atoms with Crippen LogP contribution >= 0.6 is 15.9 Å². The van der Waals surface area contributed by atoms with Crippen molar-refractivity contribution in [2.75, 3.05) is 30.7 Å². The van der Waals surface area contributed by atoms with E-state index in [1.807, 2.05) is 6.92 Å². The molecule has 7 heteroatoms. The Labute approximate surface area is 126 Å². The van der Waals surface area contributed by atoms with Gasteiger partial charge in [-0.05, 0) is 35.7 Å². The summed E-state index contributed by atoms with van der Waals surface area (Å²) in [5.74, 6) is 0. The van der Waals surface area contributed by atoms with E-state index in [-0.39, 0.29) is 6.09 Å². The highest BCUT2D eigenvalue weighted by Gasteiger charge is 2.24. The number of nitrogen functional groups attached to an aromatic ring is 1. The first-order chi connectivity index (χ1) is 9.61. The minimum Gasteiger partial charge on any atom is -0.450 e.